The van der Waals surface area contributed by atoms with Crippen LogP contribution in [0.25, 0.3) is 0 Å². The smallest absolute Gasteiger partial charge is 0.306 e. The highest BCUT2D eigenvalue weighted by Crippen LogP contribution is 2.67. The van der Waals surface area contributed by atoms with Crippen LogP contribution in [0.5, 0.6) is 0 Å². The van der Waals surface area contributed by atoms with Gasteiger partial charge in [-0.1, -0.05) is 74.5 Å². The van der Waals surface area contributed by atoms with Crippen LogP contribution < -0.4 is 0 Å². The van der Waals surface area contributed by atoms with Crippen LogP contribution in [0.1, 0.15) is 131 Å². The molecule has 48 heavy (non-hydrogen) atoms. The molecule has 4 fully saturated rings. The zero-order chi connectivity index (χ0) is 34.5. The maximum Gasteiger partial charge on any atom is 0.306 e. The molecular formula is C38H60I2O6S2. The van der Waals surface area contributed by atoms with E-state index in [0.29, 0.717) is 11.8 Å². The number of halogens is 2. The highest BCUT2D eigenvalue weighted by molar-refractivity contribution is 14.2. The lowest BCUT2D eigenvalue weighted by Gasteiger charge is -2.58. The number of carbonyl (C=O) groups is 2. The van der Waals surface area contributed by atoms with Crippen molar-refractivity contribution in [2.45, 2.75) is 155 Å². The lowest BCUT2D eigenvalue weighted by atomic mass is 9.47. The number of fused-ring (bicyclic) bond motifs is 5. The van der Waals surface area contributed by atoms with Gasteiger partial charge >= 0.3 is 11.9 Å². The molecular weight excluding hydrogens is 870 g/mol. The minimum absolute atomic E-state index is 0.0382. The Morgan fingerprint density at radius 2 is 1.73 bits per heavy atom. The molecule has 1 aliphatic heterocycles. The van der Waals surface area contributed by atoms with Crippen LogP contribution in [0.3, 0.4) is 0 Å². The lowest BCUT2D eigenvalue weighted by molar-refractivity contribution is -0.159. The normalized spacial score (nSPS) is 38.4. The summed E-state index contributed by atoms with van der Waals surface area (Å²) in [6, 6.07) is 0. The highest BCUT2D eigenvalue weighted by atomic mass is 127. The average Bonchev–Trinajstić information content (AvgIpc) is 3.40. The summed E-state index contributed by atoms with van der Waals surface area (Å²) in [6.45, 7) is 12.7. The first-order valence-corrected chi connectivity index (χ1v) is 25.7. The van der Waals surface area contributed by atoms with Gasteiger partial charge in [-0.05, 0) is 112 Å². The molecule has 5 aliphatic rings. The van der Waals surface area contributed by atoms with E-state index in [1.807, 2.05) is 0 Å². The van der Waals surface area contributed by atoms with E-state index in [2.05, 4.69) is 83.1 Å². The fraction of sp³-hybridized carbons (Fsp3) is 0.895. The number of esters is 2. The maximum absolute atomic E-state index is 12.9. The molecule has 1 saturated heterocycles. The van der Waals surface area contributed by atoms with Crippen molar-refractivity contribution < 1.29 is 28.0 Å². The molecule has 4 aliphatic carbocycles. The Morgan fingerprint density at radius 1 is 0.958 bits per heavy atom. The third kappa shape index (κ3) is 9.64. The molecule has 11 unspecified atom stereocenters. The first-order chi connectivity index (χ1) is 23.0. The summed E-state index contributed by atoms with van der Waals surface area (Å²) in [4.78, 5) is 25.4. The molecule has 274 valence electrons. The van der Waals surface area contributed by atoms with Crippen molar-refractivity contribution in [2.24, 2.45) is 46.3 Å². The predicted octanol–water partition coefficient (Wildman–Crippen LogP) is 11.3. The predicted molar refractivity (Wildman–Crippen MR) is 214 cm³/mol. The molecule has 5 rings (SSSR count). The van der Waals surface area contributed by atoms with Gasteiger partial charge in [0.05, 0.1) is 40.4 Å². The van der Waals surface area contributed by atoms with Gasteiger partial charge < -0.3 is 18.4 Å². The highest BCUT2D eigenvalue weighted by Gasteiger charge is 2.59. The first kappa shape index (κ1) is 40.0. The Hall–Kier alpha value is 0.760. The Balaban J connectivity index is 1.07. The second-order valence-electron chi connectivity index (χ2n) is 16.7. The fourth-order valence-corrected chi connectivity index (χ4v) is 13.6. The topological polar surface area (TPSA) is 71.1 Å². The summed E-state index contributed by atoms with van der Waals surface area (Å²) < 4.78 is 23.4. The van der Waals surface area contributed by atoms with E-state index in [1.165, 1.54) is 66.2 Å². The molecule has 0 spiro atoms. The molecule has 0 bridgehead atoms. The Labute approximate surface area is 323 Å². The molecule has 0 radical (unpaired) electrons. The van der Waals surface area contributed by atoms with Gasteiger partial charge in [-0.25, -0.2) is 0 Å². The lowest BCUT2D eigenvalue weighted by Crippen LogP contribution is -2.51. The molecule has 6 nitrogen and oxygen atoms in total. The quantitative estimate of drug-likeness (QED) is 0.0696. The minimum Gasteiger partial charge on any atom is -0.463 e. The average molecular weight is 931 g/mol. The molecule has 0 aromatic carbocycles. The van der Waals surface area contributed by atoms with Crippen LogP contribution in [-0.4, -0.2) is 48.7 Å². The minimum atomic E-state index is -0.373. The Bertz CT molecular complexity index is 1110. The van der Waals surface area contributed by atoms with Gasteiger partial charge in [-0.15, -0.1) is 0 Å². The largest absolute Gasteiger partial charge is 0.463 e. The second-order valence-corrected chi connectivity index (χ2v) is 20.6. The van der Waals surface area contributed by atoms with E-state index in [1.54, 1.807) is 8.93 Å². The fourth-order valence-electron chi connectivity index (χ4n) is 10.9. The Kier molecular flexibility index (Phi) is 15.1. The van der Waals surface area contributed by atoms with E-state index >= 15 is 0 Å². The number of ether oxygens (including phenoxy) is 3. The molecule has 3 saturated carbocycles. The van der Waals surface area contributed by atoms with Gasteiger partial charge in [0.1, 0.15) is 12.7 Å². The zero-order valence-corrected chi connectivity index (χ0v) is 35.8. The van der Waals surface area contributed by atoms with Crippen molar-refractivity contribution in [2.75, 3.05) is 12.4 Å². The Morgan fingerprint density at radius 3 is 2.48 bits per heavy atom. The molecule has 11 atom stereocenters. The van der Waals surface area contributed by atoms with Crippen LogP contribution in [0, 0.1) is 46.3 Å². The number of rotatable bonds is 15. The van der Waals surface area contributed by atoms with Gasteiger partial charge in [-0.2, -0.15) is 0 Å². The van der Waals surface area contributed by atoms with Crippen LogP contribution >= 0.6 is 60.6 Å². The SMILES string of the molecule is CC(C)CCCC(C)C1CCC2C3CC=C4CC(OC(=O)CCC(=O)OCC5CC(OSI)CC(CSI)O5)CCC4(C)C3CCC12C. The number of hydrogen-bond donors (Lipinski definition) is 0. The summed E-state index contributed by atoms with van der Waals surface area (Å²) in [5, 5.41) is 0. The molecule has 1 heterocycles. The van der Waals surface area contributed by atoms with Crippen molar-refractivity contribution >= 4 is 72.5 Å². The molecule has 0 amide bonds. The number of hydrogen-bond acceptors (Lipinski definition) is 8. The van der Waals surface area contributed by atoms with Crippen LogP contribution in [0.4, 0.5) is 0 Å². The van der Waals surface area contributed by atoms with E-state index in [0.717, 1.165) is 66.9 Å². The first-order valence-electron chi connectivity index (χ1n) is 18.8. The number of carbonyl (C=O) groups excluding carboxylic acids is 2. The maximum atomic E-state index is 12.9. The zero-order valence-electron chi connectivity index (χ0n) is 29.9. The molecule has 0 N–H and O–H groups in total. The summed E-state index contributed by atoms with van der Waals surface area (Å²) in [7, 11) is 3.06. The van der Waals surface area contributed by atoms with Crippen molar-refractivity contribution in [3.8, 4) is 0 Å². The molecule has 0 aromatic rings. The second kappa shape index (κ2) is 18.2. The van der Waals surface area contributed by atoms with Gasteiger partial charge in [0.15, 0.2) is 0 Å². The summed E-state index contributed by atoms with van der Waals surface area (Å²) in [5.74, 6) is 5.14. The van der Waals surface area contributed by atoms with E-state index in [-0.39, 0.29) is 61.2 Å². The standard InChI is InChI=1S/C38H60I2O6S2/c1-24(2)7-6-8-25(3)32-11-12-33-31-10-9-26-19-27(15-17-37(26,4)34(31)16-18-38(32,33)5)45-36(42)14-13-35(41)43-22-29-20-28(46-48-40)21-30(44-29)23-47-39/h9,24-25,27-34H,6-8,10-23H2,1-5H3. The van der Waals surface area contributed by atoms with Gasteiger partial charge in [0.25, 0.3) is 0 Å². The van der Waals surface area contributed by atoms with Gasteiger partial charge in [0.2, 0.25) is 0 Å². The summed E-state index contributed by atoms with van der Waals surface area (Å²) in [5.41, 5.74) is 2.26. The van der Waals surface area contributed by atoms with Crippen molar-refractivity contribution in [1.82, 2.24) is 0 Å². The van der Waals surface area contributed by atoms with Gasteiger partial charge in [-0.3, -0.25) is 9.59 Å². The molecule has 0 aromatic heterocycles. The van der Waals surface area contributed by atoms with Crippen molar-refractivity contribution in [3.05, 3.63) is 11.6 Å². The van der Waals surface area contributed by atoms with Crippen LogP contribution in [0.15, 0.2) is 11.6 Å². The molecule has 10 heteroatoms. The monoisotopic (exact) mass is 930 g/mol. The van der Waals surface area contributed by atoms with Crippen LogP contribution in [-0.2, 0) is 28.0 Å². The summed E-state index contributed by atoms with van der Waals surface area (Å²) >= 11 is 4.42. The third-order valence-corrected chi connectivity index (χ3v) is 15.9. The van der Waals surface area contributed by atoms with Gasteiger partial charge in [0, 0.05) is 46.2 Å². The van der Waals surface area contributed by atoms with Crippen molar-refractivity contribution in [1.29, 1.82) is 0 Å². The van der Waals surface area contributed by atoms with Crippen LogP contribution in [0.2, 0.25) is 0 Å². The third-order valence-electron chi connectivity index (χ3n) is 13.4. The summed E-state index contributed by atoms with van der Waals surface area (Å²) in [6.07, 6.45) is 17.9. The number of allylic oxidation sites excluding steroid dienone is 1. The van der Waals surface area contributed by atoms with E-state index < -0.39 is 0 Å². The van der Waals surface area contributed by atoms with E-state index in [4.69, 9.17) is 18.4 Å². The van der Waals surface area contributed by atoms with E-state index in [9.17, 15) is 9.59 Å². The van der Waals surface area contributed by atoms with Crippen molar-refractivity contribution in [3.63, 3.8) is 0 Å².